The maximum absolute atomic E-state index is 12.2. The van der Waals surface area contributed by atoms with Crippen molar-refractivity contribution in [3.63, 3.8) is 0 Å². The minimum absolute atomic E-state index is 0.196. The highest BCUT2D eigenvalue weighted by Gasteiger charge is 2.11. The highest BCUT2D eigenvalue weighted by molar-refractivity contribution is 7.15. The Morgan fingerprint density at radius 3 is 3.05 bits per heavy atom. The molecule has 108 valence electrons. The number of nitrogens with zero attached hydrogens (tertiary/aromatic N) is 3. The largest absolute Gasteiger partial charge is 0.377 e. The number of methoxy groups -OCH3 is 1. The number of ether oxygens (including phenoxy) is 1. The quantitative estimate of drug-likeness (QED) is 0.803. The summed E-state index contributed by atoms with van der Waals surface area (Å²) in [6.07, 6.45) is 1.97. The van der Waals surface area contributed by atoms with Crippen molar-refractivity contribution < 1.29 is 9.53 Å². The molecule has 0 saturated heterocycles. The SMILES string of the molecule is COCc1nnc(NC(=O)c2ccc3ccn(C)c3c2)s1. The van der Waals surface area contributed by atoms with Crippen molar-refractivity contribution in [1.82, 2.24) is 14.8 Å². The molecule has 0 bridgehead atoms. The smallest absolute Gasteiger partial charge is 0.257 e. The molecular weight excluding hydrogens is 288 g/mol. The van der Waals surface area contributed by atoms with Crippen molar-refractivity contribution in [1.29, 1.82) is 0 Å². The van der Waals surface area contributed by atoms with Crippen molar-refractivity contribution in [2.75, 3.05) is 12.4 Å². The molecule has 3 aromatic rings. The van der Waals surface area contributed by atoms with Gasteiger partial charge in [0.1, 0.15) is 11.6 Å². The Kier molecular flexibility index (Phi) is 3.68. The maximum Gasteiger partial charge on any atom is 0.257 e. The summed E-state index contributed by atoms with van der Waals surface area (Å²) >= 11 is 1.30. The average Bonchev–Trinajstić information content (AvgIpc) is 3.06. The Labute approximate surface area is 125 Å². The van der Waals surface area contributed by atoms with E-state index in [1.54, 1.807) is 13.2 Å². The number of fused-ring (bicyclic) bond motifs is 1. The third-order valence-electron chi connectivity index (χ3n) is 3.11. The van der Waals surface area contributed by atoms with Crippen LogP contribution in [-0.2, 0) is 18.4 Å². The van der Waals surface area contributed by atoms with E-state index in [-0.39, 0.29) is 5.91 Å². The van der Waals surface area contributed by atoms with Crippen molar-refractivity contribution in [3.05, 3.63) is 41.0 Å². The number of carbonyl (C=O) groups excluding carboxylic acids is 1. The van der Waals surface area contributed by atoms with Crippen LogP contribution in [0.2, 0.25) is 0 Å². The van der Waals surface area contributed by atoms with Gasteiger partial charge >= 0.3 is 0 Å². The minimum atomic E-state index is -0.196. The first kappa shape index (κ1) is 13.7. The van der Waals surface area contributed by atoms with Crippen LogP contribution in [0.5, 0.6) is 0 Å². The molecule has 3 rings (SSSR count). The highest BCUT2D eigenvalue weighted by atomic mass is 32.1. The fraction of sp³-hybridized carbons (Fsp3) is 0.214. The standard InChI is InChI=1S/C14H14N4O2S/c1-18-6-5-9-3-4-10(7-11(9)18)13(19)15-14-17-16-12(21-14)8-20-2/h3-7H,8H2,1-2H3,(H,15,17,19). The van der Waals surface area contributed by atoms with Crippen LogP contribution in [0.3, 0.4) is 0 Å². The Morgan fingerprint density at radius 1 is 1.38 bits per heavy atom. The Balaban J connectivity index is 1.80. The van der Waals surface area contributed by atoms with E-state index < -0.39 is 0 Å². The van der Waals surface area contributed by atoms with Crippen LogP contribution in [0.25, 0.3) is 10.9 Å². The second-order valence-electron chi connectivity index (χ2n) is 4.59. The number of amides is 1. The van der Waals surface area contributed by atoms with Crippen molar-refractivity contribution in [2.24, 2.45) is 7.05 Å². The Bertz CT molecular complexity index is 793. The van der Waals surface area contributed by atoms with Gasteiger partial charge in [0.15, 0.2) is 0 Å². The maximum atomic E-state index is 12.2. The van der Waals surface area contributed by atoms with Crippen LogP contribution < -0.4 is 5.32 Å². The van der Waals surface area contributed by atoms with Crippen LogP contribution in [0, 0.1) is 0 Å². The van der Waals surface area contributed by atoms with Gasteiger partial charge in [0.05, 0.1) is 0 Å². The number of hydrogen-bond donors (Lipinski definition) is 1. The Hall–Kier alpha value is -2.25. The number of nitrogens with one attached hydrogen (secondary N) is 1. The molecule has 0 atom stereocenters. The number of carbonyl (C=O) groups is 1. The number of rotatable bonds is 4. The molecular formula is C14H14N4O2S. The lowest BCUT2D eigenvalue weighted by Crippen LogP contribution is -2.11. The van der Waals surface area contributed by atoms with Crippen LogP contribution in [0.15, 0.2) is 30.5 Å². The molecule has 0 fully saturated rings. The number of anilines is 1. The van der Waals surface area contributed by atoms with E-state index in [1.807, 2.05) is 36.0 Å². The van der Waals surface area contributed by atoms with E-state index in [0.29, 0.717) is 17.3 Å². The van der Waals surface area contributed by atoms with Crippen molar-refractivity contribution >= 4 is 33.3 Å². The first-order valence-electron chi connectivity index (χ1n) is 6.35. The number of aromatic nitrogens is 3. The molecule has 7 heteroatoms. The minimum Gasteiger partial charge on any atom is -0.377 e. The molecule has 0 radical (unpaired) electrons. The lowest BCUT2D eigenvalue weighted by Gasteiger charge is -2.03. The van der Waals surface area contributed by atoms with E-state index in [1.165, 1.54) is 11.3 Å². The summed E-state index contributed by atoms with van der Waals surface area (Å²) in [5.41, 5.74) is 1.60. The molecule has 0 aliphatic heterocycles. The lowest BCUT2D eigenvalue weighted by molar-refractivity contribution is 0.102. The predicted molar refractivity (Wildman–Crippen MR) is 81.5 cm³/mol. The van der Waals surface area contributed by atoms with Crippen molar-refractivity contribution in [3.8, 4) is 0 Å². The molecule has 6 nitrogen and oxygen atoms in total. The molecule has 1 amide bonds. The zero-order chi connectivity index (χ0) is 14.8. The number of hydrogen-bond acceptors (Lipinski definition) is 5. The first-order valence-corrected chi connectivity index (χ1v) is 7.17. The van der Waals surface area contributed by atoms with E-state index >= 15 is 0 Å². The van der Waals surface area contributed by atoms with Crippen LogP contribution >= 0.6 is 11.3 Å². The number of aryl methyl sites for hydroxylation is 1. The summed E-state index contributed by atoms with van der Waals surface area (Å²) in [6, 6.07) is 7.61. The van der Waals surface area contributed by atoms with Gasteiger partial charge in [-0.1, -0.05) is 17.4 Å². The van der Waals surface area contributed by atoms with Gasteiger partial charge < -0.3 is 9.30 Å². The topological polar surface area (TPSA) is 69.0 Å². The monoisotopic (exact) mass is 302 g/mol. The third-order valence-corrected chi connectivity index (χ3v) is 3.92. The van der Waals surface area contributed by atoms with Crippen LogP contribution in [0.1, 0.15) is 15.4 Å². The summed E-state index contributed by atoms with van der Waals surface area (Å²) in [5.74, 6) is -0.196. The second-order valence-corrected chi connectivity index (χ2v) is 5.65. The molecule has 2 heterocycles. The van der Waals surface area contributed by atoms with Gasteiger partial charge in [0, 0.05) is 31.4 Å². The fourth-order valence-electron chi connectivity index (χ4n) is 2.06. The molecule has 21 heavy (non-hydrogen) atoms. The van der Waals surface area contributed by atoms with Gasteiger partial charge in [-0.15, -0.1) is 10.2 Å². The molecule has 0 aliphatic carbocycles. The van der Waals surface area contributed by atoms with Gasteiger partial charge in [0.2, 0.25) is 5.13 Å². The normalized spacial score (nSPS) is 11.0. The van der Waals surface area contributed by atoms with Gasteiger partial charge in [-0.3, -0.25) is 10.1 Å². The van der Waals surface area contributed by atoms with Gasteiger partial charge in [-0.25, -0.2) is 0 Å². The number of benzene rings is 1. The molecule has 0 unspecified atom stereocenters. The summed E-state index contributed by atoms with van der Waals surface area (Å²) in [5, 5.41) is 12.9. The predicted octanol–water partition coefficient (Wildman–Crippen LogP) is 2.43. The van der Waals surface area contributed by atoms with E-state index in [9.17, 15) is 4.79 Å². The summed E-state index contributed by atoms with van der Waals surface area (Å²) in [6.45, 7) is 0.392. The summed E-state index contributed by atoms with van der Waals surface area (Å²) < 4.78 is 6.96. The van der Waals surface area contributed by atoms with E-state index in [0.717, 1.165) is 15.9 Å². The van der Waals surface area contributed by atoms with Gasteiger partial charge in [-0.05, 0) is 23.6 Å². The average molecular weight is 302 g/mol. The van der Waals surface area contributed by atoms with E-state index in [4.69, 9.17) is 4.74 Å². The lowest BCUT2D eigenvalue weighted by atomic mass is 10.1. The van der Waals surface area contributed by atoms with Gasteiger partial charge in [0.25, 0.3) is 5.91 Å². The molecule has 0 spiro atoms. The van der Waals surface area contributed by atoms with Gasteiger partial charge in [-0.2, -0.15) is 0 Å². The molecule has 1 aromatic carbocycles. The second kappa shape index (κ2) is 5.63. The summed E-state index contributed by atoms with van der Waals surface area (Å²) in [7, 11) is 3.54. The van der Waals surface area contributed by atoms with Crippen LogP contribution in [-0.4, -0.2) is 27.8 Å². The molecule has 0 saturated carbocycles. The van der Waals surface area contributed by atoms with Crippen LogP contribution in [0.4, 0.5) is 5.13 Å². The van der Waals surface area contributed by atoms with E-state index in [2.05, 4.69) is 15.5 Å². The highest BCUT2D eigenvalue weighted by Crippen LogP contribution is 2.19. The Morgan fingerprint density at radius 2 is 2.24 bits per heavy atom. The third kappa shape index (κ3) is 2.79. The zero-order valence-corrected chi connectivity index (χ0v) is 12.5. The molecule has 2 aromatic heterocycles. The molecule has 1 N–H and O–H groups in total. The fourth-order valence-corrected chi connectivity index (χ4v) is 2.77. The zero-order valence-electron chi connectivity index (χ0n) is 11.7. The summed E-state index contributed by atoms with van der Waals surface area (Å²) in [4.78, 5) is 12.2. The molecule has 0 aliphatic rings. The van der Waals surface area contributed by atoms with Crippen molar-refractivity contribution in [2.45, 2.75) is 6.61 Å². The first-order chi connectivity index (χ1) is 10.2.